The minimum absolute atomic E-state index is 0. The van der Waals surface area contributed by atoms with Crippen molar-refractivity contribution in [3.05, 3.63) is 53.3 Å². The Labute approximate surface area is 130 Å². The number of rotatable bonds is 6. The quantitative estimate of drug-likeness (QED) is 0.861. The summed E-state index contributed by atoms with van der Waals surface area (Å²) in [5, 5.41) is 16.7. The molecule has 0 atom stereocenters. The van der Waals surface area contributed by atoms with Crippen molar-refractivity contribution < 1.29 is 9.90 Å². The summed E-state index contributed by atoms with van der Waals surface area (Å²) in [6, 6.07) is 9.32. The van der Waals surface area contributed by atoms with Gasteiger partial charge >= 0.3 is 5.97 Å². The van der Waals surface area contributed by atoms with Crippen LogP contribution in [0.2, 0.25) is 0 Å². The van der Waals surface area contributed by atoms with Gasteiger partial charge in [0.05, 0.1) is 11.3 Å². The Morgan fingerprint density at radius 2 is 2.00 bits per heavy atom. The van der Waals surface area contributed by atoms with Gasteiger partial charge in [-0.25, -0.2) is 4.79 Å². The van der Waals surface area contributed by atoms with E-state index >= 15 is 0 Å². The summed E-state index contributed by atoms with van der Waals surface area (Å²) in [6.07, 6.45) is 1.78. The Morgan fingerprint density at radius 3 is 2.67 bits per heavy atom. The summed E-state index contributed by atoms with van der Waals surface area (Å²) in [5.74, 6) is -0.894. The van der Waals surface area contributed by atoms with E-state index in [1.807, 2.05) is 22.9 Å². The van der Waals surface area contributed by atoms with Gasteiger partial charge < -0.3 is 10.4 Å². The maximum absolute atomic E-state index is 11.1. The minimum atomic E-state index is -0.894. The van der Waals surface area contributed by atoms with E-state index in [4.69, 9.17) is 5.11 Å². The first-order valence-corrected chi connectivity index (χ1v) is 6.64. The van der Waals surface area contributed by atoms with Gasteiger partial charge in [0.2, 0.25) is 0 Å². The fraction of sp³-hybridized carbons (Fsp3) is 0.333. The van der Waals surface area contributed by atoms with Crippen LogP contribution >= 0.6 is 12.4 Å². The average Bonchev–Trinajstić information content (AvgIpc) is 2.87. The number of aromatic carboxylic acids is 1. The highest BCUT2D eigenvalue weighted by atomic mass is 35.5. The van der Waals surface area contributed by atoms with Crippen LogP contribution < -0.4 is 5.32 Å². The standard InChI is InChI=1S/C15H19N3O2.ClH/c1-11(2)18-13(7-8-17-18)10-16-9-12-5-3-4-6-14(12)15(19)20;/h3-8,11,16H,9-10H2,1-2H3,(H,19,20);1H. The monoisotopic (exact) mass is 309 g/mol. The van der Waals surface area contributed by atoms with Crippen LogP contribution in [0.3, 0.4) is 0 Å². The molecule has 0 aliphatic heterocycles. The zero-order chi connectivity index (χ0) is 14.5. The zero-order valence-electron chi connectivity index (χ0n) is 12.1. The number of carboxylic acids is 1. The first kappa shape index (κ1) is 17.2. The van der Waals surface area contributed by atoms with Crippen LogP contribution in [0.5, 0.6) is 0 Å². The molecule has 0 spiro atoms. The second-order valence-corrected chi connectivity index (χ2v) is 4.93. The Kier molecular flexibility index (Phi) is 6.39. The maximum atomic E-state index is 11.1. The van der Waals surface area contributed by atoms with Crippen LogP contribution in [-0.4, -0.2) is 20.9 Å². The smallest absolute Gasteiger partial charge is 0.336 e. The van der Waals surface area contributed by atoms with E-state index in [0.717, 1.165) is 11.3 Å². The molecule has 1 heterocycles. The molecule has 5 nitrogen and oxygen atoms in total. The van der Waals surface area contributed by atoms with Crippen molar-refractivity contribution in [2.45, 2.75) is 33.0 Å². The number of halogens is 1. The van der Waals surface area contributed by atoms with Crippen LogP contribution in [0.15, 0.2) is 36.5 Å². The third kappa shape index (κ3) is 4.31. The Balaban J connectivity index is 0.00000220. The van der Waals surface area contributed by atoms with E-state index in [9.17, 15) is 4.79 Å². The molecule has 1 aromatic heterocycles. The molecule has 0 radical (unpaired) electrons. The van der Waals surface area contributed by atoms with E-state index in [-0.39, 0.29) is 12.4 Å². The van der Waals surface area contributed by atoms with E-state index in [1.54, 1.807) is 18.3 Å². The summed E-state index contributed by atoms with van der Waals surface area (Å²) < 4.78 is 1.95. The van der Waals surface area contributed by atoms with Gasteiger partial charge in [-0.3, -0.25) is 4.68 Å². The number of nitrogens with zero attached hydrogens (tertiary/aromatic N) is 2. The zero-order valence-corrected chi connectivity index (χ0v) is 12.9. The Hall–Kier alpha value is -1.85. The van der Waals surface area contributed by atoms with Gasteiger partial charge in [-0.05, 0) is 31.5 Å². The summed E-state index contributed by atoms with van der Waals surface area (Å²) in [5.41, 5.74) is 2.22. The molecule has 0 amide bonds. The number of carboxylic acid groups (broad SMARTS) is 1. The van der Waals surface area contributed by atoms with Crippen molar-refractivity contribution in [1.29, 1.82) is 0 Å². The third-order valence-corrected chi connectivity index (χ3v) is 3.11. The fourth-order valence-electron chi connectivity index (χ4n) is 2.15. The van der Waals surface area contributed by atoms with Gasteiger partial charge in [-0.15, -0.1) is 12.4 Å². The molecule has 0 saturated carbocycles. The topological polar surface area (TPSA) is 67.2 Å². The van der Waals surface area contributed by atoms with E-state index in [0.29, 0.717) is 24.7 Å². The first-order valence-electron chi connectivity index (χ1n) is 6.64. The summed E-state index contributed by atoms with van der Waals surface area (Å²) in [7, 11) is 0. The normalized spacial score (nSPS) is 10.4. The van der Waals surface area contributed by atoms with Gasteiger partial charge in [0.1, 0.15) is 0 Å². The van der Waals surface area contributed by atoms with Gasteiger partial charge in [-0.2, -0.15) is 5.10 Å². The van der Waals surface area contributed by atoms with Crippen molar-refractivity contribution in [3.8, 4) is 0 Å². The van der Waals surface area contributed by atoms with Crippen LogP contribution in [0.4, 0.5) is 0 Å². The molecule has 2 N–H and O–H groups in total. The van der Waals surface area contributed by atoms with Gasteiger partial charge in [-0.1, -0.05) is 18.2 Å². The molecule has 6 heteroatoms. The van der Waals surface area contributed by atoms with Crippen molar-refractivity contribution in [2.24, 2.45) is 0 Å². The predicted molar refractivity (Wildman–Crippen MR) is 83.8 cm³/mol. The summed E-state index contributed by atoms with van der Waals surface area (Å²) >= 11 is 0. The molecule has 0 fully saturated rings. The molecule has 1 aromatic carbocycles. The summed E-state index contributed by atoms with van der Waals surface area (Å²) in [6.45, 7) is 5.34. The largest absolute Gasteiger partial charge is 0.478 e. The maximum Gasteiger partial charge on any atom is 0.336 e. The second kappa shape index (κ2) is 7.81. The van der Waals surface area contributed by atoms with E-state index in [2.05, 4.69) is 24.3 Å². The van der Waals surface area contributed by atoms with Crippen molar-refractivity contribution in [3.63, 3.8) is 0 Å². The predicted octanol–water partition coefficient (Wildman–Crippen LogP) is 2.87. The second-order valence-electron chi connectivity index (χ2n) is 4.93. The molecule has 2 aromatic rings. The van der Waals surface area contributed by atoms with Crippen molar-refractivity contribution >= 4 is 18.4 Å². The van der Waals surface area contributed by atoms with Crippen LogP contribution in [-0.2, 0) is 13.1 Å². The van der Waals surface area contributed by atoms with Crippen LogP contribution in [0.25, 0.3) is 0 Å². The molecule has 0 bridgehead atoms. The van der Waals surface area contributed by atoms with E-state index < -0.39 is 5.97 Å². The van der Waals surface area contributed by atoms with Crippen molar-refractivity contribution in [1.82, 2.24) is 15.1 Å². The lowest BCUT2D eigenvalue weighted by Gasteiger charge is -2.12. The van der Waals surface area contributed by atoms with E-state index in [1.165, 1.54) is 0 Å². The highest BCUT2D eigenvalue weighted by Gasteiger charge is 2.09. The molecule has 114 valence electrons. The molecule has 0 aliphatic carbocycles. The Morgan fingerprint density at radius 1 is 1.29 bits per heavy atom. The molecular weight excluding hydrogens is 290 g/mol. The lowest BCUT2D eigenvalue weighted by Crippen LogP contribution is -2.18. The molecule has 0 saturated heterocycles. The lowest BCUT2D eigenvalue weighted by molar-refractivity contribution is 0.0695. The summed E-state index contributed by atoms with van der Waals surface area (Å²) in [4.78, 5) is 11.1. The molecular formula is C15H20ClN3O2. The third-order valence-electron chi connectivity index (χ3n) is 3.11. The van der Waals surface area contributed by atoms with Crippen LogP contribution in [0.1, 0.15) is 41.5 Å². The highest BCUT2D eigenvalue weighted by Crippen LogP contribution is 2.10. The van der Waals surface area contributed by atoms with Gasteiger partial charge in [0.25, 0.3) is 0 Å². The first-order chi connectivity index (χ1) is 9.59. The SMILES string of the molecule is CC(C)n1nccc1CNCc1ccccc1C(=O)O.Cl. The average molecular weight is 310 g/mol. The fourth-order valence-corrected chi connectivity index (χ4v) is 2.15. The molecule has 0 aliphatic rings. The Bertz CT molecular complexity index is 596. The minimum Gasteiger partial charge on any atom is -0.478 e. The molecule has 21 heavy (non-hydrogen) atoms. The van der Waals surface area contributed by atoms with Crippen LogP contribution in [0, 0.1) is 0 Å². The molecule has 2 rings (SSSR count). The number of nitrogens with one attached hydrogen (secondary N) is 1. The van der Waals surface area contributed by atoms with Gasteiger partial charge in [0, 0.05) is 25.3 Å². The number of benzene rings is 1. The lowest BCUT2D eigenvalue weighted by atomic mass is 10.1. The number of hydrogen-bond acceptors (Lipinski definition) is 3. The number of carbonyl (C=O) groups is 1. The van der Waals surface area contributed by atoms with Gasteiger partial charge in [0.15, 0.2) is 0 Å². The number of hydrogen-bond donors (Lipinski definition) is 2. The van der Waals surface area contributed by atoms with Crippen molar-refractivity contribution in [2.75, 3.05) is 0 Å². The highest BCUT2D eigenvalue weighted by molar-refractivity contribution is 5.89. The molecule has 0 unspecified atom stereocenters. The number of aromatic nitrogens is 2.